The number of nitrogens with zero attached hydrogens (tertiary/aromatic N) is 4. The molecule has 2 aliphatic heterocycles. The van der Waals surface area contributed by atoms with E-state index in [1.807, 2.05) is 13.8 Å². The first-order valence-corrected chi connectivity index (χ1v) is 13.1. The molecule has 0 spiro atoms. The first-order valence-electron chi connectivity index (χ1n) is 12.7. The Kier molecular flexibility index (Phi) is 7.04. The lowest BCUT2D eigenvalue weighted by molar-refractivity contribution is 0.0684. The number of benzene rings is 1. The van der Waals surface area contributed by atoms with Crippen molar-refractivity contribution in [2.75, 3.05) is 33.4 Å². The van der Waals surface area contributed by atoms with Crippen LogP contribution in [0.2, 0.25) is 5.02 Å². The van der Waals surface area contributed by atoms with Crippen LogP contribution < -0.4 is 20.3 Å². The number of methoxy groups -OCH3 is 1. The van der Waals surface area contributed by atoms with Gasteiger partial charge < -0.3 is 24.3 Å². The van der Waals surface area contributed by atoms with E-state index in [9.17, 15) is 18.8 Å². The fourth-order valence-electron chi connectivity index (χ4n) is 5.21. The van der Waals surface area contributed by atoms with Gasteiger partial charge in [-0.3, -0.25) is 14.4 Å². The summed E-state index contributed by atoms with van der Waals surface area (Å²) in [4.78, 5) is 42.5. The molecule has 1 N–H and O–H groups in total. The second-order valence-corrected chi connectivity index (χ2v) is 9.93. The monoisotopic (exact) mass is 545 g/mol. The predicted molar refractivity (Wildman–Crippen MR) is 139 cm³/mol. The van der Waals surface area contributed by atoms with Crippen LogP contribution in [0.3, 0.4) is 0 Å². The van der Waals surface area contributed by atoms with Crippen LogP contribution >= 0.6 is 11.6 Å². The van der Waals surface area contributed by atoms with Gasteiger partial charge in [0, 0.05) is 37.3 Å². The molecule has 12 heteroatoms. The molecule has 0 saturated carbocycles. The fourth-order valence-corrected chi connectivity index (χ4v) is 5.39. The summed E-state index contributed by atoms with van der Waals surface area (Å²) >= 11 is 6.07. The molecule has 0 unspecified atom stereocenters. The van der Waals surface area contributed by atoms with Crippen LogP contribution in [0.4, 0.5) is 4.39 Å². The number of hydrogen-bond donors (Lipinski definition) is 1. The number of aromatic nitrogens is 3. The molecular formula is C26H29ClFN5O5. The van der Waals surface area contributed by atoms with E-state index in [4.69, 9.17) is 21.1 Å². The minimum atomic E-state index is -0.642. The summed E-state index contributed by atoms with van der Waals surface area (Å²) in [5.41, 5.74) is 0.338. The number of likely N-dealkylation sites (N-methyl/N-ethyl adjacent to an activating group) is 1. The minimum absolute atomic E-state index is 0.00137. The predicted octanol–water partition coefficient (Wildman–Crippen LogP) is 3.38. The highest BCUT2D eigenvalue weighted by Gasteiger charge is 2.38. The van der Waals surface area contributed by atoms with Crippen molar-refractivity contribution in [2.45, 2.75) is 45.7 Å². The Balaban J connectivity index is 1.81. The maximum Gasteiger partial charge on any atom is 0.280 e. The number of fused-ring (bicyclic) bond motifs is 7. The normalized spacial score (nSPS) is 18.3. The average molecular weight is 546 g/mol. The fraction of sp³-hybridized carbons (Fsp3) is 0.462. The Hall–Kier alpha value is -3.60. The summed E-state index contributed by atoms with van der Waals surface area (Å²) in [5.74, 6) is -1.05. The number of halogens is 2. The van der Waals surface area contributed by atoms with E-state index in [2.05, 4.69) is 10.4 Å². The summed E-state index contributed by atoms with van der Waals surface area (Å²) < 4.78 is 28.6. The van der Waals surface area contributed by atoms with Crippen LogP contribution in [0.15, 0.2) is 16.9 Å². The Bertz CT molecular complexity index is 1500. The number of amides is 2. The van der Waals surface area contributed by atoms with Crippen LogP contribution in [-0.2, 0) is 6.54 Å². The first kappa shape index (κ1) is 26.0. The van der Waals surface area contributed by atoms with Crippen molar-refractivity contribution in [3.63, 3.8) is 0 Å². The van der Waals surface area contributed by atoms with Crippen LogP contribution in [-0.4, -0.2) is 64.4 Å². The van der Waals surface area contributed by atoms with E-state index in [1.54, 1.807) is 9.47 Å². The highest BCUT2D eigenvalue weighted by atomic mass is 35.5. The van der Waals surface area contributed by atoms with Gasteiger partial charge in [0.1, 0.15) is 17.0 Å². The van der Waals surface area contributed by atoms with Crippen molar-refractivity contribution in [3.8, 4) is 11.5 Å². The molecule has 2 bridgehead atoms. The summed E-state index contributed by atoms with van der Waals surface area (Å²) in [6.07, 6.45) is 2.17. The van der Waals surface area contributed by atoms with Gasteiger partial charge in [0.25, 0.3) is 17.4 Å². The van der Waals surface area contributed by atoms with E-state index < -0.39 is 17.3 Å². The van der Waals surface area contributed by atoms with Crippen molar-refractivity contribution in [2.24, 2.45) is 0 Å². The van der Waals surface area contributed by atoms with E-state index >= 15 is 0 Å². The molecule has 0 aliphatic carbocycles. The van der Waals surface area contributed by atoms with Crippen molar-refractivity contribution < 1.29 is 23.5 Å². The van der Waals surface area contributed by atoms with E-state index in [-0.39, 0.29) is 57.3 Å². The van der Waals surface area contributed by atoms with Crippen molar-refractivity contribution >= 4 is 34.3 Å². The van der Waals surface area contributed by atoms with Crippen LogP contribution in [0.5, 0.6) is 11.5 Å². The molecule has 2 amide bonds. The summed E-state index contributed by atoms with van der Waals surface area (Å²) in [5, 5.41) is 7.33. The van der Waals surface area contributed by atoms with Crippen LogP contribution in [0.25, 0.3) is 10.9 Å². The highest BCUT2D eigenvalue weighted by Crippen LogP contribution is 2.38. The zero-order valence-corrected chi connectivity index (χ0v) is 22.2. The Morgan fingerprint density at radius 3 is 2.76 bits per heavy atom. The SMILES string of the molecule is CCN1C[C@H](C)n2c(c(OC)c3c(=O)n4nc(c32)C(=O)NCCCCCOc2cc(F)c(Cl)cc2C4)C1=O. The molecule has 10 nitrogen and oxygen atoms in total. The zero-order valence-electron chi connectivity index (χ0n) is 21.5. The lowest BCUT2D eigenvalue weighted by Crippen LogP contribution is -2.42. The molecule has 38 heavy (non-hydrogen) atoms. The molecule has 0 fully saturated rings. The van der Waals surface area contributed by atoms with E-state index in [0.29, 0.717) is 44.6 Å². The molecule has 4 heterocycles. The standard InChI is InChI=1S/C26H29ClFN5O5/c1-4-31-12-14(2)33-21-19(23(37-3)22(33)26(31)36)25(35)32-13-15-10-16(27)17(28)11-18(15)38-9-7-5-6-8-29-24(34)20(21)30-32/h10-11,14H,4-9,12-13H2,1-3H3,(H,29,34)/t14-/m0/s1. The van der Waals surface area contributed by atoms with Gasteiger partial charge >= 0.3 is 0 Å². The number of rotatable bonds is 2. The number of hydrogen-bond acceptors (Lipinski definition) is 6. The zero-order chi connectivity index (χ0) is 27.1. The van der Waals surface area contributed by atoms with Crippen LogP contribution in [0, 0.1) is 5.82 Å². The Labute approximate surface area is 223 Å². The van der Waals surface area contributed by atoms with Gasteiger partial charge in [-0.1, -0.05) is 11.6 Å². The molecule has 3 aromatic rings. The molecule has 0 saturated heterocycles. The van der Waals surface area contributed by atoms with Gasteiger partial charge in [0.05, 0.1) is 30.8 Å². The molecule has 2 aliphatic rings. The van der Waals surface area contributed by atoms with Gasteiger partial charge in [-0.2, -0.15) is 5.10 Å². The second kappa shape index (κ2) is 10.3. The smallest absolute Gasteiger partial charge is 0.280 e. The van der Waals surface area contributed by atoms with Crippen LogP contribution in [0.1, 0.15) is 65.7 Å². The molecule has 2 aromatic heterocycles. The Morgan fingerprint density at radius 1 is 1.24 bits per heavy atom. The number of carbonyl (C=O) groups is 2. The van der Waals surface area contributed by atoms with Crippen molar-refractivity contribution in [3.05, 3.63) is 50.3 Å². The summed E-state index contributed by atoms with van der Waals surface area (Å²) in [6, 6.07) is 2.35. The lowest BCUT2D eigenvalue weighted by atomic mass is 10.1. The van der Waals surface area contributed by atoms with Gasteiger partial charge in [-0.05, 0) is 39.2 Å². The third-order valence-corrected chi connectivity index (χ3v) is 7.35. The van der Waals surface area contributed by atoms with Crippen molar-refractivity contribution in [1.82, 2.24) is 24.6 Å². The molecule has 1 aromatic carbocycles. The average Bonchev–Trinajstić information content (AvgIpc) is 3.25. The number of nitrogens with one attached hydrogen (secondary N) is 1. The largest absolute Gasteiger partial charge is 0.493 e. The minimum Gasteiger partial charge on any atom is -0.493 e. The molecular weight excluding hydrogens is 517 g/mol. The summed E-state index contributed by atoms with van der Waals surface area (Å²) in [7, 11) is 1.39. The first-order chi connectivity index (χ1) is 18.3. The maximum absolute atomic E-state index is 14.3. The second-order valence-electron chi connectivity index (χ2n) is 9.52. The van der Waals surface area contributed by atoms with Crippen molar-refractivity contribution in [1.29, 1.82) is 0 Å². The summed E-state index contributed by atoms with van der Waals surface area (Å²) in [6.45, 7) is 5.28. The molecule has 0 radical (unpaired) electrons. The third kappa shape index (κ3) is 4.28. The molecule has 1 atom stereocenters. The number of ether oxygens (including phenoxy) is 2. The number of carbonyl (C=O) groups excluding carboxylic acids is 2. The molecule has 202 valence electrons. The van der Waals surface area contributed by atoms with Gasteiger partial charge in [0.2, 0.25) is 0 Å². The van der Waals surface area contributed by atoms with E-state index in [1.165, 1.54) is 19.2 Å². The highest BCUT2D eigenvalue weighted by molar-refractivity contribution is 6.30. The lowest BCUT2D eigenvalue weighted by Gasteiger charge is -2.32. The topological polar surface area (TPSA) is 108 Å². The Morgan fingerprint density at radius 2 is 2.03 bits per heavy atom. The van der Waals surface area contributed by atoms with E-state index in [0.717, 1.165) is 11.1 Å². The van der Waals surface area contributed by atoms with Gasteiger partial charge in [0.15, 0.2) is 17.1 Å². The van der Waals surface area contributed by atoms with Gasteiger partial charge in [-0.15, -0.1) is 0 Å². The quantitative estimate of drug-likeness (QED) is 0.529. The molecule has 5 rings (SSSR count). The maximum atomic E-state index is 14.3. The third-order valence-electron chi connectivity index (χ3n) is 7.06. The van der Waals surface area contributed by atoms with Gasteiger partial charge in [-0.25, -0.2) is 9.07 Å².